The number of rotatable bonds is 4. The molecule has 0 fully saturated rings. The molecule has 2 aliphatic rings. The molecule has 5 rings (SSSR count). The summed E-state index contributed by atoms with van der Waals surface area (Å²) in [5.74, 6) is 1.02. The Morgan fingerprint density at radius 2 is 1.84 bits per heavy atom. The van der Waals surface area contributed by atoms with E-state index in [0.29, 0.717) is 6.61 Å². The molecule has 31 heavy (non-hydrogen) atoms. The van der Waals surface area contributed by atoms with Crippen LogP contribution in [0.1, 0.15) is 35.1 Å². The minimum atomic E-state index is 0.697. The van der Waals surface area contributed by atoms with Crippen LogP contribution in [-0.2, 0) is 6.42 Å². The van der Waals surface area contributed by atoms with Gasteiger partial charge in [-0.15, -0.1) is 0 Å². The molecule has 0 radical (unpaired) electrons. The number of aryl methyl sites for hydroxylation is 1. The molecular weight excluding hydrogens is 444 g/mol. The maximum absolute atomic E-state index is 6.27. The van der Waals surface area contributed by atoms with Crippen LogP contribution in [0.15, 0.2) is 89.4 Å². The molecule has 154 valence electrons. The third-order valence-electron chi connectivity index (χ3n) is 6.26. The van der Waals surface area contributed by atoms with Gasteiger partial charge in [-0.05, 0) is 76.4 Å². The average Bonchev–Trinajstić information content (AvgIpc) is 2.79. The van der Waals surface area contributed by atoms with Crippen LogP contribution in [0.5, 0.6) is 5.75 Å². The summed E-state index contributed by atoms with van der Waals surface area (Å²) >= 11 is 3.65. The Morgan fingerprint density at radius 1 is 1.00 bits per heavy atom. The van der Waals surface area contributed by atoms with E-state index in [2.05, 4.69) is 102 Å². The minimum Gasteiger partial charge on any atom is -0.488 e. The number of hydrogen-bond acceptors (Lipinski definition) is 1. The van der Waals surface area contributed by atoms with Crippen LogP contribution >= 0.6 is 15.9 Å². The molecule has 0 aromatic heterocycles. The predicted molar refractivity (Wildman–Crippen MR) is 134 cm³/mol. The van der Waals surface area contributed by atoms with Crippen molar-refractivity contribution in [3.05, 3.63) is 112 Å². The highest BCUT2D eigenvalue weighted by Crippen LogP contribution is 2.41. The zero-order valence-electron chi connectivity index (χ0n) is 17.7. The van der Waals surface area contributed by atoms with E-state index in [4.69, 9.17) is 4.74 Å². The molecule has 3 aromatic rings. The summed E-state index contributed by atoms with van der Waals surface area (Å²) in [6, 6.07) is 21.5. The van der Waals surface area contributed by atoms with Crippen molar-refractivity contribution in [1.82, 2.24) is 0 Å². The molecule has 0 unspecified atom stereocenters. The van der Waals surface area contributed by atoms with Gasteiger partial charge < -0.3 is 4.74 Å². The molecule has 1 aliphatic carbocycles. The van der Waals surface area contributed by atoms with Gasteiger partial charge in [0, 0.05) is 16.5 Å². The Morgan fingerprint density at radius 3 is 2.71 bits per heavy atom. The van der Waals surface area contributed by atoms with Crippen molar-refractivity contribution in [2.75, 3.05) is 6.61 Å². The molecule has 0 saturated heterocycles. The smallest absolute Gasteiger partial charge is 0.131 e. The van der Waals surface area contributed by atoms with E-state index in [-0.39, 0.29) is 0 Å². The maximum atomic E-state index is 6.27. The lowest BCUT2D eigenvalue weighted by atomic mass is 9.87. The Bertz CT molecular complexity index is 1250. The highest BCUT2D eigenvalue weighted by atomic mass is 79.9. The van der Waals surface area contributed by atoms with Gasteiger partial charge in [-0.2, -0.15) is 0 Å². The normalized spacial score (nSPS) is 14.6. The Balaban J connectivity index is 1.53. The molecule has 0 atom stereocenters. The zero-order chi connectivity index (χ0) is 21.4. The fourth-order valence-corrected chi connectivity index (χ4v) is 5.02. The second-order valence-corrected chi connectivity index (χ2v) is 9.24. The first kappa shape index (κ1) is 20.1. The van der Waals surface area contributed by atoms with Gasteiger partial charge >= 0.3 is 0 Å². The fraction of sp³-hybridized carbons (Fsp3) is 0.172. The van der Waals surface area contributed by atoms with Gasteiger partial charge in [-0.25, -0.2) is 0 Å². The topological polar surface area (TPSA) is 9.23 Å². The van der Waals surface area contributed by atoms with E-state index < -0.39 is 0 Å². The van der Waals surface area contributed by atoms with E-state index in [9.17, 15) is 0 Å². The van der Waals surface area contributed by atoms with Crippen LogP contribution in [0.25, 0.3) is 22.3 Å². The second-order valence-electron chi connectivity index (χ2n) is 8.33. The fourth-order valence-electron chi connectivity index (χ4n) is 4.66. The number of para-hydroxylation sites is 1. The first-order valence-corrected chi connectivity index (χ1v) is 11.6. The van der Waals surface area contributed by atoms with E-state index in [1.165, 1.54) is 44.5 Å². The minimum absolute atomic E-state index is 0.697. The van der Waals surface area contributed by atoms with Crippen molar-refractivity contribution in [2.45, 2.75) is 26.2 Å². The number of halogens is 1. The third kappa shape index (κ3) is 3.81. The van der Waals surface area contributed by atoms with Gasteiger partial charge in [-0.1, -0.05) is 83.2 Å². The average molecular weight is 469 g/mol. The van der Waals surface area contributed by atoms with Crippen molar-refractivity contribution in [2.24, 2.45) is 0 Å². The van der Waals surface area contributed by atoms with E-state index in [0.717, 1.165) is 35.1 Å². The van der Waals surface area contributed by atoms with Crippen LogP contribution in [0.2, 0.25) is 0 Å². The zero-order valence-corrected chi connectivity index (χ0v) is 19.3. The lowest BCUT2D eigenvalue weighted by Gasteiger charge is -2.27. The maximum Gasteiger partial charge on any atom is 0.131 e. The first-order valence-electron chi connectivity index (χ1n) is 10.8. The summed E-state index contributed by atoms with van der Waals surface area (Å²) in [6.07, 6.45) is 7.51. The highest BCUT2D eigenvalue weighted by Gasteiger charge is 2.23. The highest BCUT2D eigenvalue weighted by molar-refractivity contribution is 9.10. The number of ether oxygens (including phenoxy) is 1. The Labute approximate surface area is 192 Å². The predicted octanol–water partition coefficient (Wildman–Crippen LogP) is 8.18. The lowest BCUT2D eigenvalue weighted by Crippen LogP contribution is -2.14. The number of fused-ring (bicyclic) bond motifs is 2. The molecular formula is C29H25BrO. The van der Waals surface area contributed by atoms with Crippen LogP contribution in [0, 0.1) is 6.92 Å². The summed E-state index contributed by atoms with van der Waals surface area (Å²) in [6.45, 7) is 7.36. The van der Waals surface area contributed by atoms with Gasteiger partial charge in [0.2, 0.25) is 0 Å². The molecule has 0 bridgehead atoms. The summed E-state index contributed by atoms with van der Waals surface area (Å²) < 4.78 is 7.35. The van der Waals surface area contributed by atoms with Gasteiger partial charge in [-0.3, -0.25) is 0 Å². The summed E-state index contributed by atoms with van der Waals surface area (Å²) in [4.78, 5) is 0. The quantitative estimate of drug-likeness (QED) is 0.374. The van der Waals surface area contributed by atoms with Crippen molar-refractivity contribution >= 4 is 27.1 Å². The standard InChI is InChI=1S/C29H25BrO/c1-19-8-3-5-11-24(19)28-17-23(30)14-15-25(28)20(2)16-21-10-7-13-27-26-12-6-4-9-22(26)18-31-29(21)27/h3,5-8,10-15,17H,2,4,9,16,18H2,1H3. The Hall–Kier alpha value is -2.84. The second kappa shape index (κ2) is 8.36. The van der Waals surface area contributed by atoms with Crippen molar-refractivity contribution < 1.29 is 4.74 Å². The summed E-state index contributed by atoms with van der Waals surface area (Å²) in [7, 11) is 0. The van der Waals surface area contributed by atoms with E-state index in [1.807, 2.05) is 0 Å². The van der Waals surface area contributed by atoms with Crippen molar-refractivity contribution in [3.63, 3.8) is 0 Å². The molecule has 1 nitrogen and oxygen atoms in total. The number of allylic oxidation sites excluding steroid dienone is 4. The SMILES string of the molecule is C=C(Cc1cccc2c1OCC1=C2C=CCC1)c1ccc(Br)cc1-c1ccccc1C. The van der Waals surface area contributed by atoms with Crippen LogP contribution in [-0.4, -0.2) is 6.61 Å². The molecule has 1 aliphatic heterocycles. The van der Waals surface area contributed by atoms with Crippen molar-refractivity contribution in [3.8, 4) is 16.9 Å². The molecule has 3 aromatic carbocycles. The molecule has 0 N–H and O–H groups in total. The van der Waals surface area contributed by atoms with Gasteiger partial charge in [0.1, 0.15) is 12.4 Å². The molecule has 2 heteroatoms. The lowest BCUT2D eigenvalue weighted by molar-refractivity contribution is 0.338. The molecule has 0 spiro atoms. The van der Waals surface area contributed by atoms with Gasteiger partial charge in [0.05, 0.1) is 0 Å². The first-order chi connectivity index (χ1) is 15.1. The molecule has 0 amide bonds. The van der Waals surface area contributed by atoms with Crippen LogP contribution in [0.4, 0.5) is 0 Å². The van der Waals surface area contributed by atoms with Crippen LogP contribution in [0.3, 0.4) is 0 Å². The summed E-state index contributed by atoms with van der Waals surface area (Å²) in [5, 5.41) is 0. The third-order valence-corrected chi connectivity index (χ3v) is 6.75. The number of hydrogen-bond donors (Lipinski definition) is 0. The number of benzene rings is 3. The van der Waals surface area contributed by atoms with E-state index >= 15 is 0 Å². The van der Waals surface area contributed by atoms with Crippen molar-refractivity contribution in [1.29, 1.82) is 0 Å². The molecule has 0 saturated carbocycles. The molecule has 1 heterocycles. The Kier molecular flexibility index (Phi) is 5.41. The largest absolute Gasteiger partial charge is 0.488 e. The van der Waals surface area contributed by atoms with Gasteiger partial charge in [0.25, 0.3) is 0 Å². The van der Waals surface area contributed by atoms with Crippen LogP contribution < -0.4 is 4.74 Å². The monoisotopic (exact) mass is 468 g/mol. The van der Waals surface area contributed by atoms with Gasteiger partial charge in [0.15, 0.2) is 0 Å². The van der Waals surface area contributed by atoms with E-state index in [1.54, 1.807) is 0 Å². The summed E-state index contributed by atoms with van der Waals surface area (Å²) in [5.41, 5.74) is 11.2.